The molecule has 0 atom stereocenters. The molecule has 1 fully saturated rings. The van der Waals surface area contributed by atoms with Gasteiger partial charge in [0.25, 0.3) is 5.91 Å². The summed E-state index contributed by atoms with van der Waals surface area (Å²) in [7, 11) is -2.22. The molecule has 0 unspecified atom stereocenters. The van der Waals surface area contributed by atoms with E-state index in [1.807, 2.05) is 0 Å². The van der Waals surface area contributed by atoms with Crippen molar-refractivity contribution in [2.75, 3.05) is 33.4 Å². The Morgan fingerprint density at radius 2 is 2.08 bits per heavy atom. The van der Waals surface area contributed by atoms with Gasteiger partial charge in [-0.05, 0) is 31.0 Å². The molecular weight excluding hydrogens is 410 g/mol. The van der Waals surface area contributed by atoms with Crippen LogP contribution in [0.15, 0.2) is 27.6 Å². The van der Waals surface area contributed by atoms with Crippen LogP contribution in [0.3, 0.4) is 0 Å². The van der Waals surface area contributed by atoms with Gasteiger partial charge in [0.1, 0.15) is 10.6 Å². The number of carbonyl (C=O) groups excluding carboxylic acids is 1. The van der Waals surface area contributed by atoms with Crippen LogP contribution in [0.5, 0.6) is 0 Å². The zero-order chi connectivity index (χ0) is 18.0. The van der Waals surface area contributed by atoms with Crippen LogP contribution in [0.1, 0.15) is 23.3 Å². The maximum atomic E-state index is 13.2. The van der Waals surface area contributed by atoms with Crippen LogP contribution in [0.4, 0.5) is 0 Å². The minimum atomic E-state index is -3.76. The van der Waals surface area contributed by atoms with E-state index in [4.69, 9.17) is 4.74 Å². The summed E-state index contributed by atoms with van der Waals surface area (Å²) >= 11 is 3.38. The fourth-order valence-corrected chi connectivity index (χ4v) is 5.19. The van der Waals surface area contributed by atoms with Gasteiger partial charge in [-0.2, -0.15) is 4.31 Å². The molecule has 3 rings (SSSR count). The Balaban J connectivity index is 2.11. The molecule has 2 N–H and O–H groups in total. The number of hydrogen-bond acceptors (Lipinski definition) is 4. The van der Waals surface area contributed by atoms with E-state index in [1.165, 1.54) is 11.4 Å². The molecule has 136 valence electrons. The van der Waals surface area contributed by atoms with Crippen molar-refractivity contribution in [3.63, 3.8) is 0 Å². The van der Waals surface area contributed by atoms with Crippen molar-refractivity contribution in [3.8, 4) is 0 Å². The number of rotatable bonds is 6. The van der Waals surface area contributed by atoms with Gasteiger partial charge in [-0.15, -0.1) is 0 Å². The highest BCUT2D eigenvalue weighted by molar-refractivity contribution is 9.10. The molecule has 1 amide bonds. The molecule has 2 heterocycles. The first-order chi connectivity index (χ1) is 11.9. The van der Waals surface area contributed by atoms with Gasteiger partial charge in [-0.3, -0.25) is 4.79 Å². The van der Waals surface area contributed by atoms with E-state index in [2.05, 4.69) is 26.2 Å². The summed E-state index contributed by atoms with van der Waals surface area (Å²) in [5, 5.41) is 3.20. The van der Waals surface area contributed by atoms with Gasteiger partial charge >= 0.3 is 0 Å². The number of methoxy groups -OCH3 is 1. The number of amides is 1. The largest absolute Gasteiger partial charge is 0.383 e. The zero-order valence-electron chi connectivity index (χ0n) is 13.8. The van der Waals surface area contributed by atoms with Crippen LogP contribution >= 0.6 is 15.9 Å². The van der Waals surface area contributed by atoms with Gasteiger partial charge in [0, 0.05) is 42.1 Å². The maximum Gasteiger partial charge on any atom is 0.269 e. The molecule has 0 bridgehead atoms. The van der Waals surface area contributed by atoms with Gasteiger partial charge in [-0.25, -0.2) is 8.42 Å². The summed E-state index contributed by atoms with van der Waals surface area (Å²) in [6.07, 6.45) is 1.67. The number of sulfonamides is 1. The van der Waals surface area contributed by atoms with Gasteiger partial charge in [0.05, 0.1) is 6.61 Å². The molecule has 2 aromatic rings. The Bertz CT molecular complexity index is 888. The Morgan fingerprint density at radius 1 is 1.36 bits per heavy atom. The van der Waals surface area contributed by atoms with Crippen LogP contribution in [0, 0.1) is 0 Å². The zero-order valence-corrected chi connectivity index (χ0v) is 16.2. The van der Waals surface area contributed by atoms with Gasteiger partial charge in [0.15, 0.2) is 0 Å². The second-order valence-electron chi connectivity index (χ2n) is 5.88. The number of aromatic amines is 1. The van der Waals surface area contributed by atoms with E-state index in [9.17, 15) is 13.2 Å². The van der Waals surface area contributed by atoms with E-state index in [-0.39, 0.29) is 10.6 Å². The molecule has 0 saturated carbocycles. The number of benzene rings is 1. The predicted octanol–water partition coefficient (Wildman–Crippen LogP) is 2.09. The smallest absolute Gasteiger partial charge is 0.269 e. The molecule has 1 aliphatic heterocycles. The van der Waals surface area contributed by atoms with E-state index in [0.29, 0.717) is 37.1 Å². The van der Waals surface area contributed by atoms with Crippen molar-refractivity contribution in [1.82, 2.24) is 14.6 Å². The number of carbonyl (C=O) groups is 1. The number of ether oxygens (including phenoxy) is 1. The van der Waals surface area contributed by atoms with Crippen molar-refractivity contribution >= 4 is 42.8 Å². The first kappa shape index (κ1) is 18.4. The molecule has 0 radical (unpaired) electrons. The van der Waals surface area contributed by atoms with Crippen molar-refractivity contribution in [1.29, 1.82) is 0 Å². The monoisotopic (exact) mass is 429 g/mol. The van der Waals surface area contributed by atoms with Crippen LogP contribution in [-0.4, -0.2) is 57.0 Å². The molecule has 0 aliphatic carbocycles. The third-order valence-electron chi connectivity index (χ3n) is 4.19. The van der Waals surface area contributed by atoms with E-state index in [1.54, 1.807) is 18.2 Å². The molecule has 9 heteroatoms. The second-order valence-corrected chi connectivity index (χ2v) is 8.67. The molecule has 1 aromatic carbocycles. The summed E-state index contributed by atoms with van der Waals surface area (Å²) in [5.41, 5.74) is 0.675. The lowest BCUT2D eigenvalue weighted by Crippen LogP contribution is -2.32. The Hall–Kier alpha value is -1.42. The Morgan fingerprint density at radius 3 is 2.76 bits per heavy atom. The third kappa shape index (κ3) is 3.59. The minimum absolute atomic E-state index is 0.0422. The second kappa shape index (κ2) is 7.45. The van der Waals surface area contributed by atoms with E-state index < -0.39 is 15.9 Å². The van der Waals surface area contributed by atoms with Gasteiger partial charge in [0.2, 0.25) is 10.0 Å². The summed E-state index contributed by atoms with van der Waals surface area (Å²) in [6, 6.07) is 5.28. The number of halogens is 1. The lowest BCUT2D eigenvalue weighted by Gasteiger charge is -2.16. The average molecular weight is 430 g/mol. The highest BCUT2D eigenvalue weighted by Crippen LogP contribution is 2.33. The highest BCUT2D eigenvalue weighted by atomic mass is 79.9. The maximum absolute atomic E-state index is 13.2. The van der Waals surface area contributed by atoms with Gasteiger partial charge < -0.3 is 15.0 Å². The number of hydrogen-bond donors (Lipinski definition) is 2. The van der Waals surface area contributed by atoms with Crippen molar-refractivity contribution in [2.45, 2.75) is 17.7 Å². The van der Waals surface area contributed by atoms with Crippen molar-refractivity contribution in [3.05, 3.63) is 28.4 Å². The molecule has 1 saturated heterocycles. The first-order valence-corrected chi connectivity index (χ1v) is 10.3. The SMILES string of the molecule is COCCNC(=O)c1[nH]c2ccc(Br)cc2c1S(=O)(=O)N1CCCC1. The van der Waals surface area contributed by atoms with Crippen LogP contribution in [0.2, 0.25) is 0 Å². The lowest BCUT2D eigenvalue weighted by molar-refractivity contribution is 0.0929. The van der Waals surface area contributed by atoms with E-state index >= 15 is 0 Å². The van der Waals surface area contributed by atoms with Gasteiger partial charge in [-0.1, -0.05) is 15.9 Å². The highest BCUT2D eigenvalue weighted by Gasteiger charge is 2.34. The van der Waals surface area contributed by atoms with Crippen LogP contribution in [-0.2, 0) is 14.8 Å². The Kier molecular flexibility index (Phi) is 5.47. The van der Waals surface area contributed by atoms with Crippen molar-refractivity contribution in [2.24, 2.45) is 0 Å². The average Bonchev–Trinajstić information content (AvgIpc) is 3.22. The summed E-state index contributed by atoms with van der Waals surface area (Å²) in [6.45, 7) is 1.62. The Labute approximate surface area is 154 Å². The normalized spacial score (nSPS) is 15.8. The molecular formula is C16H20BrN3O4S. The number of H-pyrrole nitrogens is 1. The quantitative estimate of drug-likeness (QED) is 0.687. The predicted molar refractivity (Wildman–Crippen MR) is 98.2 cm³/mol. The lowest BCUT2D eigenvalue weighted by atomic mass is 10.2. The summed E-state index contributed by atoms with van der Waals surface area (Å²) < 4.78 is 33.4. The number of fused-ring (bicyclic) bond motifs is 1. The number of nitrogens with one attached hydrogen (secondary N) is 2. The van der Waals surface area contributed by atoms with E-state index in [0.717, 1.165) is 17.3 Å². The van der Waals surface area contributed by atoms with Crippen molar-refractivity contribution < 1.29 is 17.9 Å². The number of nitrogens with zero attached hydrogens (tertiary/aromatic N) is 1. The number of aromatic nitrogens is 1. The summed E-state index contributed by atoms with van der Waals surface area (Å²) in [5.74, 6) is -0.456. The standard InChI is InChI=1S/C16H20BrN3O4S/c1-24-9-6-18-16(21)14-15(25(22,23)20-7-2-3-8-20)12-10-11(17)4-5-13(12)19-14/h4-5,10,19H,2-3,6-9H2,1H3,(H,18,21). The fraction of sp³-hybridized carbons (Fsp3) is 0.438. The molecule has 7 nitrogen and oxygen atoms in total. The summed E-state index contributed by atoms with van der Waals surface area (Å²) in [4.78, 5) is 15.6. The minimum Gasteiger partial charge on any atom is -0.383 e. The van der Waals surface area contributed by atoms with Crippen LogP contribution < -0.4 is 5.32 Å². The molecule has 25 heavy (non-hydrogen) atoms. The first-order valence-electron chi connectivity index (χ1n) is 8.03. The third-order valence-corrected chi connectivity index (χ3v) is 6.67. The van der Waals surface area contributed by atoms with Crippen LogP contribution in [0.25, 0.3) is 10.9 Å². The fourth-order valence-electron chi connectivity index (χ4n) is 2.98. The molecule has 1 aliphatic rings. The molecule has 1 aromatic heterocycles. The topological polar surface area (TPSA) is 91.5 Å². The molecule has 0 spiro atoms.